The molecule has 1 amide bonds. The zero-order valence-corrected chi connectivity index (χ0v) is 10.8. The molecule has 1 saturated heterocycles. The highest BCUT2D eigenvalue weighted by Crippen LogP contribution is 2.41. The number of halogens is 1. The lowest BCUT2D eigenvalue weighted by Crippen LogP contribution is -2.32. The fraction of sp³-hybridized carbons (Fsp3) is 0.462. The van der Waals surface area contributed by atoms with E-state index in [4.69, 9.17) is 4.74 Å². The van der Waals surface area contributed by atoms with Crippen molar-refractivity contribution in [1.29, 1.82) is 0 Å². The SMILES string of the molecule is Cl.O=C(NC1C2CNCC21)OCc1ccccc1. The van der Waals surface area contributed by atoms with Crippen LogP contribution >= 0.6 is 12.4 Å². The number of piperidine rings is 1. The average Bonchev–Trinajstić information content (AvgIpc) is 2.79. The largest absolute Gasteiger partial charge is 0.445 e. The maximum Gasteiger partial charge on any atom is 0.407 e. The Hall–Kier alpha value is -1.26. The number of amides is 1. The molecular weight excluding hydrogens is 252 g/mol. The molecule has 2 atom stereocenters. The molecule has 1 aromatic carbocycles. The summed E-state index contributed by atoms with van der Waals surface area (Å²) in [6.07, 6.45) is -0.298. The molecule has 1 saturated carbocycles. The molecule has 1 heterocycles. The molecule has 5 heteroatoms. The summed E-state index contributed by atoms with van der Waals surface area (Å²) in [5, 5.41) is 6.22. The van der Waals surface area contributed by atoms with Gasteiger partial charge in [-0.3, -0.25) is 0 Å². The second kappa shape index (κ2) is 5.59. The van der Waals surface area contributed by atoms with E-state index in [1.54, 1.807) is 0 Å². The second-order valence-electron chi connectivity index (χ2n) is 4.72. The number of benzene rings is 1. The molecule has 1 aromatic rings. The van der Waals surface area contributed by atoms with E-state index in [0.717, 1.165) is 18.7 Å². The van der Waals surface area contributed by atoms with E-state index in [1.165, 1.54) is 0 Å². The molecule has 0 bridgehead atoms. The summed E-state index contributed by atoms with van der Waals surface area (Å²) in [6.45, 7) is 2.38. The van der Waals surface area contributed by atoms with E-state index in [2.05, 4.69) is 10.6 Å². The molecule has 0 radical (unpaired) electrons. The van der Waals surface area contributed by atoms with E-state index in [0.29, 0.717) is 24.5 Å². The molecule has 3 rings (SSSR count). The van der Waals surface area contributed by atoms with Crippen LogP contribution in [0.3, 0.4) is 0 Å². The van der Waals surface area contributed by atoms with Crippen LogP contribution in [0.5, 0.6) is 0 Å². The maximum absolute atomic E-state index is 11.5. The molecule has 1 aliphatic carbocycles. The van der Waals surface area contributed by atoms with Crippen LogP contribution in [-0.4, -0.2) is 25.2 Å². The number of ether oxygens (including phenoxy) is 1. The predicted octanol–water partition coefficient (Wildman–Crippen LogP) is 1.55. The van der Waals surface area contributed by atoms with Crippen LogP contribution in [0.1, 0.15) is 5.56 Å². The van der Waals surface area contributed by atoms with Gasteiger partial charge in [-0.05, 0) is 17.4 Å². The van der Waals surface area contributed by atoms with Gasteiger partial charge in [-0.2, -0.15) is 0 Å². The zero-order chi connectivity index (χ0) is 11.7. The smallest absolute Gasteiger partial charge is 0.407 e. The molecule has 1 aliphatic heterocycles. The van der Waals surface area contributed by atoms with Crippen LogP contribution in [0, 0.1) is 11.8 Å². The van der Waals surface area contributed by atoms with Crippen LogP contribution in [0.4, 0.5) is 4.79 Å². The van der Waals surface area contributed by atoms with Gasteiger partial charge >= 0.3 is 6.09 Å². The Balaban J connectivity index is 0.00000120. The van der Waals surface area contributed by atoms with E-state index in [1.807, 2.05) is 30.3 Å². The summed E-state index contributed by atoms with van der Waals surface area (Å²) < 4.78 is 5.17. The van der Waals surface area contributed by atoms with E-state index in [9.17, 15) is 4.79 Å². The molecule has 98 valence electrons. The molecule has 4 nitrogen and oxygen atoms in total. The predicted molar refractivity (Wildman–Crippen MR) is 70.6 cm³/mol. The van der Waals surface area contributed by atoms with Crippen molar-refractivity contribution in [3.05, 3.63) is 35.9 Å². The first-order chi connectivity index (χ1) is 8.34. The molecule has 2 unspecified atom stereocenters. The fourth-order valence-corrected chi connectivity index (χ4v) is 2.53. The monoisotopic (exact) mass is 268 g/mol. The summed E-state index contributed by atoms with van der Waals surface area (Å²) >= 11 is 0. The normalized spacial score (nSPS) is 27.9. The molecule has 0 aromatic heterocycles. The van der Waals surface area contributed by atoms with Crippen LogP contribution in [0.2, 0.25) is 0 Å². The Labute approximate surface area is 113 Å². The van der Waals surface area contributed by atoms with Crippen LogP contribution in [0.15, 0.2) is 30.3 Å². The van der Waals surface area contributed by atoms with Crippen LogP contribution in [-0.2, 0) is 11.3 Å². The molecule has 2 fully saturated rings. The van der Waals surface area contributed by atoms with Crippen molar-refractivity contribution in [1.82, 2.24) is 10.6 Å². The summed E-state index contributed by atoms with van der Waals surface area (Å²) in [4.78, 5) is 11.5. The van der Waals surface area contributed by atoms with Gasteiger partial charge in [0.1, 0.15) is 6.61 Å². The third-order valence-corrected chi connectivity index (χ3v) is 3.59. The summed E-state index contributed by atoms with van der Waals surface area (Å²) in [5.41, 5.74) is 1.01. The van der Waals surface area contributed by atoms with Crippen LogP contribution in [0.25, 0.3) is 0 Å². The summed E-state index contributed by atoms with van der Waals surface area (Å²) in [5.74, 6) is 1.25. The van der Waals surface area contributed by atoms with Gasteiger partial charge in [0.25, 0.3) is 0 Å². The Bertz CT molecular complexity index is 403. The Morgan fingerprint density at radius 2 is 1.94 bits per heavy atom. The van der Waals surface area contributed by atoms with Gasteiger partial charge in [0, 0.05) is 19.1 Å². The third-order valence-electron chi connectivity index (χ3n) is 3.59. The van der Waals surface area contributed by atoms with Gasteiger partial charge in [-0.15, -0.1) is 12.4 Å². The first-order valence-corrected chi connectivity index (χ1v) is 6.02. The minimum Gasteiger partial charge on any atom is -0.445 e. The van der Waals surface area contributed by atoms with E-state index >= 15 is 0 Å². The quantitative estimate of drug-likeness (QED) is 0.875. The van der Waals surface area contributed by atoms with Crippen molar-refractivity contribution in [3.63, 3.8) is 0 Å². The van der Waals surface area contributed by atoms with Crippen molar-refractivity contribution >= 4 is 18.5 Å². The van der Waals surface area contributed by atoms with Gasteiger partial charge in [0.2, 0.25) is 0 Å². The van der Waals surface area contributed by atoms with Crippen molar-refractivity contribution in [2.45, 2.75) is 12.6 Å². The van der Waals surface area contributed by atoms with Gasteiger partial charge in [0.05, 0.1) is 0 Å². The number of carbonyl (C=O) groups is 1. The average molecular weight is 269 g/mol. The lowest BCUT2D eigenvalue weighted by atomic mass is 10.2. The maximum atomic E-state index is 11.5. The number of rotatable bonds is 3. The fourth-order valence-electron chi connectivity index (χ4n) is 2.53. The third kappa shape index (κ3) is 2.76. The number of alkyl carbamates (subject to hydrolysis) is 1. The summed E-state index contributed by atoms with van der Waals surface area (Å²) in [7, 11) is 0. The van der Waals surface area contributed by atoms with Gasteiger partial charge in [-0.1, -0.05) is 30.3 Å². The van der Waals surface area contributed by atoms with Crippen molar-refractivity contribution in [2.75, 3.05) is 13.1 Å². The van der Waals surface area contributed by atoms with Crippen molar-refractivity contribution in [2.24, 2.45) is 11.8 Å². The molecule has 0 spiro atoms. The lowest BCUT2D eigenvalue weighted by Gasteiger charge is -2.08. The highest BCUT2D eigenvalue weighted by Gasteiger charge is 2.53. The van der Waals surface area contributed by atoms with Gasteiger partial charge in [-0.25, -0.2) is 4.79 Å². The minimum atomic E-state index is -0.298. The van der Waals surface area contributed by atoms with E-state index in [-0.39, 0.29) is 18.5 Å². The lowest BCUT2D eigenvalue weighted by molar-refractivity contribution is 0.138. The Morgan fingerprint density at radius 3 is 2.61 bits per heavy atom. The number of hydrogen-bond donors (Lipinski definition) is 2. The Morgan fingerprint density at radius 1 is 1.28 bits per heavy atom. The van der Waals surface area contributed by atoms with Crippen LogP contribution < -0.4 is 10.6 Å². The highest BCUT2D eigenvalue weighted by molar-refractivity contribution is 5.85. The Kier molecular flexibility index (Phi) is 4.09. The topological polar surface area (TPSA) is 50.4 Å². The van der Waals surface area contributed by atoms with Gasteiger partial charge in [0.15, 0.2) is 0 Å². The van der Waals surface area contributed by atoms with E-state index < -0.39 is 0 Å². The summed E-state index contributed by atoms with van der Waals surface area (Å²) in [6, 6.07) is 10.1. The molecular formula is C13H17ClN2O2. The second-order valence-corrected chi connectivity index (χ2v) is 4.72. The van der Waals surface area contributed by atoms with Gasteiger partial charge < -0.3 is 15.4 Å². The number of carbonyl (C=O) groups excluding carboxylic acids is 1. The zero-order valence-electron chi connectivity index (χ0n) is 9.96. The number of fused-ring (bicyclic) bond motifs is 1. The molecule has 18 heavy (non-hydrogen) atoms. The van der Waals surface area contributed by atoms with Crippen molar-refractivity contribution in [3.8, 4) is 0 Å². The molecule has 2 aliphatic rings. The number of nitrogens with one attached hydrogen (secondary N) is 2. The number of hydrogen-bond acceptors (Lipinski definition) is 3. The minimum absolute atomic E-state index is 0. The van der Waals surface area contributed by atoms with Crippen molar-refractivity contribution < 1.29 is 9.53 Å². The highest BCUT2D eigenvalue weighted by atomic mass is 35.5. The first kappa shape index (κ1) is 13.2. The molecule has 2 N–H and O–H groups in total. The first-order valence-electron chi connectivity index (χ1n) is 6.02. The standard InChI is InChI=1S/C13H16N2O2.ClH/c16-13(15-12-10-6-14-7-11(10)12)17-8-9-4-2-1-3-5-9;/h1-5,10-12,14H,6-8H2,(H,15,16);1H.